The van der Waals surface area contributed by atoms with E-state index in [9.17, 15) is 9.59 Å². The molecule has 2 aromatic rings. The maximum absolute atomic E-state index is 12.4. The van der Waals surface area contributed by atoms with E-state index in [4.69, 9.17) is 23.2 Å². The highest BCUT2D eigenvalue weighted by atomic mass is 35.5. The summed E-state index contributed by atoms with van der Waals surface area (Å²) in [7, 11) is 0. The Bertz CT molecular complexity index is 875. The predicted octanol–water partition coefficient (Wildman–Crippen LogP) is 3.80. The zero-order valence-corrected chi connectivity index (χ0v) is 16.9. The molecular formula is C21H21Cl2N3O2. The minimum absolute atomic E-state index is 0.180. The molecule has 0 spiro atoms. The van der Waals surface area contributed by atoms with Crippen LogP contribution >= 0.6 is 23.2 Å². The molecule has 28 heavy (non-hydrogen) atoms. The van der Waals surface area contributed by atoms with Crippen molar-refractivity contribution in [1.82, 2.24) is 9.80 Å². The summed E-state index contributed by atoms with van der Waals surface area (Å²) in [6.07, 6.45) is 0.767. The smallest absolute Gasteiger partial charge is 0.261 e. The van der Waals surface area contributed by atoms with Gasteiger partial charge in [0.05, 0.1) is 26.9 Å². The van der Waals surface area contributed by atoms with Crippen LogP contribution in [0.5, 0.6) is 0 Å². The Kier molecular flexibility index (Phi) is 5.58. The van der Waals surface area contributed by atoms with Gasteiger partial charge in [-0.3, -0.25) is 19.4 Å². The number of nitrogens with zero attached hydrogens (tertiary/aromatic N) is 3. The maximum atomic E-state index is 12.4. The quantitative estimate of drug-likeness (QED) is 0.693. The number of hydrogen-bond acceptors (Lipinski definition) is 4. The number of fused-ring (bicyclic) bond motifs is 1. The van der Waals surface area contributed by atoms with Crippen LogP contribution in [0, 0.1) is 0 Å². The highest BCUT2D eigenvalue weighted by Gasteiger charge is 2.34. The van der Waals surface area contributed by atoms with Gasteiger partial charge < -0.3 is 4.90 Å². The number of carbonyl (C=O) groups excluding carboxylic acids is 2. The second-order valence-corrected chi connectivity index (χ2v) is 7.85. The number of amides is 2. The van der Waals surface area contributed by atoms with Crippen LogP contribution in [-0.2, 0) is 0 Å². The number of halogens is 2. The Morgan fingerprint density at radius 2 is 1.43 bits per heavy atom. The third-order valence-electron chi connectivity index (χ3n) is 5.38. The standard InChI is InChI=1S/C21H21Cl2N3O2/c22-17-7-3-8-18(19(17)23)25-13-11-24(12-14-25)9-4-10-26-20(27)15-5-1-2-6-16(15)21(26)28/h1-3,5-8H,4,9-14H2. The summed E-state index contributed by atoms with van der Waals surface area (Å²) in [5.41, 5.74) is 2.00. The van der Waals surface area contributed by atoms with Crippen LogP contribution in [0.2, 0.25) is 10.0 Å². The number of hydrogen-bond donors (Lipinski definition) is 0. The number of carbonyl (C=O) groups is 2. The molecular weight excluding hydrogens is 397 g/mol. The summed E-state index contributed by atoms with van der Waals surface area (Å²) < 4.78 is 0. The van der Waals surface area contributed by atoms with Crippen molar-refractivity contribution in [2.75, 3.05) is 44.2 Å². The Labute approximate surface area is 174 Å². The van der Waals surface area contributed by atoms with Gasteiger partial charge in [0.15, 0.2) is 0 Å². The van der Waals surface area contributed by atoms with Gasteiger partial charge in [0.25, 0.3) is 11.8 Å². The Balaban J connectivity index is 1.27. The number of imide groups is 1. The van der Waals surface area contributed by atoms with Gasteiger partial charge in [0.2, 0.25) is 0 Å². The Morgan fingerprint density at radius 1 is 0.786 bits per heavy atom. The molecule has 2 aromatic carbocycles. The molecule has 1 saturated heterocycles. The lowest BCUT2D eigenvalue weighted by atomic mass is 10.1. The second-order valence-electron chi connectivity index (χ2n) is 7.06. The van der Waals surface area contributed by atoms with E-state index in [0.29, 0.717) is 27.7 Å². The molecule has 0 aromatic heterocycles. The third-order valence-corrected chi connectivity index (χ3v) is 6.19. The van der Waals surface area contributed by atoms with Crippen molar-refractivity contribution < 1.29 is 9.59 Å². The molecule has 5 nitrogen and oxygen atoms in total. The molecule has 0 unspecified atom stereocenters. The minimum Gasteiger partial charge on any atom is -0.368 e. The molecule has 0 saturated carbocycles. The summed E-state index contributed by atoms with van der Waals surface area (Å²) in [6.45, 7) is 4.85. The second kappa shape index (κ2) is 8.11. The van der Waals surface area contributed by atoms with Crippen molar-refractivity contribution >= 4 is 40.7 Å². The Morgan fingerprint density at radius 3 is 2.07 bits per heavy atom. The molecule has 0 aliphatic carbocycles. The van der Waals surface area contributed by atoms with E-state index in [1.807, 2.05) is 12.1 Å². The van der Waals surface area contributed by atoms with Gasteiger partial charge in [-0.15, -0.1) is 0 Å². The average Bonchev–Trinajstić information content (AvgIpc) is 2.96. The van der Waals surface area contributed by atoms with Gasteiger partial charge in [-0.25, -0.2) is 0 Å². The van der Waals surface area contributed by atoms with Crippen molar-refractivity contribution in [1.29, 1.82) is 0 Å². The van der Waals surface area contributed by atoms with E-state index in [1.165, 1.54) is 4.90 Å². The number of anilines is 1. The lowest BCUT2D eigenvalue weighted by Crippen LogP contribution is -2.47. The van der Waals surface area contributed by atoms with Crippen molar-refractivity contribution in [3.05, 3.63) is 63.6 Å². The van der Waals surface area contributed by atoms with E-state index >= 15 is 0 Å². The Hall–Kier alpha value is -2.08. The van der Waals surface area contributed by atoms with Crippen molar-refractivity contribution in [3.8, 4) is 0 Å². The van der Waals surface area contributed by atoms with Crippen LogP contribution in [0.25, 0.3) is 0 Å². The summed E-state index contributed by atoms with van der Waals surface area (Å²) in [5, 5.41) is 1.17. The molecule has 0 N–H and O–H groups in total. The van der Waals surface area contributed by atoms with Crippen molar-refractivity contribution in [2.24, 2.45) is 0 Å². The van der Waals surface area contributed by atoms with Crippen LogP contribution in [-0.4, -0.2) is 60.9 Å². The number of benzene rings is 2. The summed E-state index contributed by atoms with van der Waals surface area (Å²) in [5.74, 6) is -0.359. The molecule has 2 heterocycles. The van der Waals surface area contributed by atoms with Gasteiger partial charge >= 0.3 is 0 Å². The minimum atomic E-state index is -0.180. The summed E-state index contributed by atoms with van der Waals surface area (Å²) >= 11 is 12.4. The van der Waals surface area contributed by atoms with E-state index < -0.39 is 0 Å². The number of rotatable bonds is 5. The fourth-order valence-electron chi connectivity index (χ4n) is 3.84. The lowest BCUT2D eigenvalue weighted by Gasteiger charge is -2.36. The number of piperazine rings is 1. The predicted molar refractivity (Wildman–Crippen MR) is 112 cm³/mol. The average molecular weight is 418 g/mol. The van der Waals surface area contributed by atoms with Gasteiger partial charge in [0, 0.05) is 32.7 Å². The van der Waals surface area contributed by atoms with Crippen LogP contribution in [0.15, 0.2) is 42.5 Å². The van der Waals surface area contributed by atoms with Crippen LogP contribution < -0.4 is 4.90 Å². The zero-order chi connectivity index (χ0) is 19.7. The molecule has 4 rings (SSSR count). The largest absolute Gasteiger partial charge is 0.368 e. The molecule has 7 heteroatoms. The van der Waals surface area contributed by atoms with Gasteiger partial charge in [-0.05, 0) is 37.2 Å². The first-order chi connectivity index (χ1) is 13.6. The van der Waals surface area contributed by atoms with Crippen LogP contribution in [0.4, 0.5) is 5.69 Å². The fraction of sp³-hybridized carbons (Fsp3) is 0.333. The SMILES string of the molecule is O=C1c2ccccc2C(=O)N1CCCN1CCN(c2cccc(Cl)c2Cl)CC1. The lowest BCUT2D eigenvalue weighted by molar-refractivity contribution is 0.0647. The molecule has 146 valence electrons. The van der Waals surface area contributed by atoms with Crippen LogP contribution in [0.1, 0.15) is 27.1 Å². The fourth-order valence-corrected chi connectivity index (χ4v) is 4.26. The van der Waals surface area contributed by atoms with E-state index in [2.05, 4.69) is 9.80 Å². The molecule has 2 aliphatic heterocycles. The van der Waals surface area contributed by atoms with E-state index in [-0.39, 0.29) is 11.8 Å². The monoisotopic (exact) mass is 417 g/mol. The molecule has 0 radical (unpaired) electrons. The third kappa shape index (κ3) is 3.62. The first-order valence-corrected chi connectivity index (χ1v) is 10.2. The van der Waals surface area contributed by atoms with Gasteiger partial charge in [-0.2, -0.15) is 0 Å². The first-order valence-electron chi connectivity index (χ1n) is 9.43. The topological polar surface area (TPSA) is 43.9 Å². The van der Waals surface area contributed by atoms with Gasteiger partial charge in [-0.1, -0.05) is 41.4 Å². The highest BCUT2D eigenvalue weighted by molar-refractivity contribution is 6.43. The maximum Gasteiger partial charge on any atom is 0.261 e. The van der Waals surface area contributed by atoms with E-state index in [0.717, 1.165) is 44.8 Å². The van der Waals surface area contributed by atoms with Crippen molar-refractivity contribution in [2.45, 2.75) is 6.42 Å². The first kappa shape index (κ1) is 19.2. The molecule has 1 fully saturated rings. The van der Waals surface area contributed by atoms with E-state index in [1.54, 1.807) is 30.3 Å². The highest BCUT2D eigenvalue weighted by Crippen LogP contribution is 2.32. The van der Waals surface area contributed by atoms with Crippen molar-refractivity contribution in [3.63, 3.8) is 0 Å². The van der Waals surface area contributed by atoms with Crippen LogP contribution in [0.3, 0.4) is 0 Å². The molecule has 2 amide bonds. The van der Waals surface area contributed by atoms with Gasteiger partial charge in [0.1, 0.15) is 0 Å². The normalized spacial score (nSPS) is 17.4. The zero-order valence-electron chi connectivity index (χ0n) is 15.4. The molecule has 0 bridgehead atoms. The summed E-state index contributed by atoms with van der Waals surface area (Å²) in [6, 6.07) is 12.7. The molecule has 2 aliphatic rings. The summed E-state index contributed by atoms with van der Waals surface area (Å²) in [4.78, 5) is 30.8. The molecule has 0 atom stereocenters.